The van der Waals surface area contributed by atoms with Crippen LogP contribution in [0.1, 0.15) is 102 Å². The lowest BCUT2D eigenvalue weighted by Gasteiger charge is -2.35. The van der Waals surface area contributed by atoms with E-state index in [9.17, 15) is 8.78 Å². The number of hydrogen-bond acceptors (Lipinski definition) is 0. The first-order chi connectivity index (χ1) is 14.2. The monoisotopic (exact) mass is 400 g/mol. The van der Waals surface area contributed by atoms with Crippen LogP contribution < -0.4 is 0 Å². The van der Waals surface area contributed by atoms with Crippen LogP contribution in [0.5, 0.6) is 0 Å². The zero-order chi connectivity index (χ0) is 20.2. The Hall–Kier alpha value is -1.18. The maximum absolute atomic E-state index is 14.9. The summed E-state index contributed by atoms with van der Waals surface area (Å²) in [4.78, 5) is 0. The first-order valence-electron chi connectivity index (χ1n) is 12.3. The topological polar surface area (TPSA) is 0 Å². The molecule has 1 atom stereocenters. The Labute approximate surface area is 176 Å². The highest BCUT2D eigenvalue weighted by molar-refractivity contribution is 5.67. The summed E-state index contributed by atoms with van der Waals surface area (Å²) in [5.74, 6) is 2.03. The van der Waals surface area contributed by atoms with Gasteiger partial charge >= 0.3 is 0 Å². The average molecular weight is 401 g/mol. The predicted molar refractivity (Wildman–Crippen MR) is 118 cm³/mol. The van der Waals surface area contributed by atoms with Gasteiger partial charge in [0.25, 0.3) is 0 Å². The number of rotatable bonds is 6. The van der Waals surface area contributed by atoms with Crippen molar-refractivity contribution in [2.24, 2.45) is 23.7 Å². The Morgan fingerprint density at radius 3 is 2.24 bits per heavy atom. The highest BCUT2D eigenvalue weighted by atomic mass is 19.2. The fraction of sp³-hybridized carbons (Fsp3) is 0.704. The van der Waals surface area contributed by atoms with Gasteiger partial charge in [-0.3, -0.25) is 0 Å². The van der Waals surface area contributed by atoms with E-state index in [1.54, 1.807) is 0 Å². The summed E-state index contributed by atoms with van der Waals surface area (Å²) in [6.45, 7) is 2.31. The van der Waals surface area contributed by atoms with Crippen molar-refractivity contribution < 1.29 is 8.78 Å². The molecular weight excluding hydrogens is 362 g/mol. The zero-order valence-electron chi connectivity index (χ0n) is 18.2. The van der Waals surface area contributed by atoms with Gasteiger partial charge in [-0.2, -0.15) is 0 Å². The smallest absolute Gasteiger partial charge is 0.166 e. The second-order valence-electron chi connectivity index (χ2n) is 10.0. The third-order valence-corrected chi connectivity index (χ3v) is 8.39. The van der Waals surface area contributed by atoms with Crippen molar-refractivity contribution in [2.45, 2.75) is 96.8 Å². The summed E-state index contributed by atoms with van der Waals surface area (Å²) < 4.78 is 29.6. The van der Waals surface area contributed by atoms with Crippen LogP contribution in [-0.4, -0.2) is 0 Å². The summed E-state index contributed by atoms with van der Waals surface area (Å²) in [5.41, 5.74) is 2.11. The Morgan fingerprint density at radius 1 is 0.828 bits per heavy atom. The van der Waals surface area contributed by atoms with E-state index in [1.807, 2.05) is 12.1 Å². The Bertz CT molecular complexity index is 705. The van der Waals surface area contributed by atoms with Crippen molar-refractivity contribution >= 4 is 5.57 Å². The first kappa shape index (κ1) is 21.1. The number of aryl methyl sites for hydroxylation is 1. The molecule has 2 fully saturated rings. The quantitative estimate of drug-likeness (QED) is 0.449. The Morgan fingerprint density at radius 2 is 1.59 bits per heavy atom. The maximum atomic E-state index is 14.9. The van der Waals surface area contributed by atoms with Gasteiger partial charge in [0, 0.05) is 5.56 Å². The molecule has 0 heterocycles. The molecule has 2 heteroatoms. The van der Waals surface area contributed by atoms with Gasteiger partial charge in [-0.25, -0.2) is 8.78 Å². The van der Waals surface area contributed by atoms with Gasteiger partial charge in [-0.05, 0) is 79.8 Å². The Kier molecular flexibility index (Phi) is 7.08. The van der Waals surface area contributed by atoms with E-state index < -0.39 is 11.6 Å². The van der Waals surface area contributed by atoms with Crippen molar-refractivity contribution in [1.82, 2.24) is 0 Å². The molecule has 0 bridgehead atoms. The number of allylic oxidation sites excluding steroid dienone is 2. The SMILES string of the molecule is CCC1CCC(C2CC=C(c3ccc(CCC4CCCC4)c(F)c3F)CC2)CC1. The molecule has 4 rings (SSSR count). The molecule has 160 valence electrons. The number of hydrogen-bond donors (Lipinski definition) is 0. The minimum absolute atomic E-state index is 0.514. The van der Waals surface area contributed by atoms with Crippen molar-refractivity contribution in [1.29, 1.82) is 0 Å². The fourth-order valence-electron chi connectivity index (χ4n) is 6.28. The summed E-state index contributed by atoms with van der Waals surface area (Å²) in [6, 6.07) is 3.70. The van der Waals surface area contributed by atoms with Crippen molar-refractivity contribution in [3.63, 3.8) is 0 Å². The molecule has 29 heavy (non-hydrogen) atoms. The molecule has 1 unspecified atom stereocenters. The Balaban J connectivity index is 1.37. The summed E-state index contributed by atoms with van der Waals surface area (Å²) in [6.07, 6.45) is 18.9. The van der Waals surface area contributed by atoms with Crippen LogP contribution in [0.3, 0.4) is 0 Å². The lowest BCUT2D eigenvalue weighted by molar-refractivity contribution is 0.192. The lowest BCUT2D eigenvalue weighted by Crippen LogP contribution is -2.23. The zero-order valence-corrected chi connectivity index (χ0v) is 18.2. The number of halogens is 2. The maximum Gasteiger partial charge on any atom is 0.166 e. The van der Waals surface area contributed by atoms with Crippen LogP contribution in [0.4, 0.5) is 8.78 Å². The normalized spacial score (nSPS) is 28.5. The minimum atomic E-state index is -0.609. The van der Waals surface area contributed by atoms with Gasteiger partial charge < -0.3 is 0 Å². The van der Waals surface area contributed by atoms with E-state index in [0.29, 0.717) is 23.5 Å². The molecule has 1 aromatic rings. The van der Waals surface area contributed by atoms with E-state index >= 15 is 0 Å². The molecule has 0 aliphatic heterocycles. The van der Waals surface area contributed by atoms with Gasteiger partial charge in [0.15, 0.2) is 11.6 Å². The van der Waals surface area contributed by atoms with Crippen molar-refractivity contribution in [2.75, 3.05) is 0 Å². The van der Waals surface area contributed by atoms with Gasteiger partial charge in [0.2, 0.25) is 0 Å². The third-order valence-electron chi connectivity index (χ3n) is 8.39. The first-order valence-corrected chi connectivity index (χ1v) is 12.3. The van der Waals surface area contributed by atoms with E-state index in [-0.39, 0.29) is 0 Å². The van der Waals surface area contributed by atoms with Crippen LogP contribution in [0, 0.1) is 35.3 Å². The predicted octanol–water partition coefficient (Wildman–Crippen LogP) is 8.49. The molecule has 0 nitrogen and oxygen atoms in total. The second kappa shape index (κ2) is 9.75. The molecule has 3 aliphatic carbocycles. The summed E-state index contributed by atoms with van der Waals surface area (Å²) >= 11 is 0. The fourth-order valence-corrected chi connectivity index (χ4v) is 6.28. The second-order valence-corrected chi connectivity index (χ2v) is 10.0. The van der Waals surface area contributed by atoms with Crippen LogP contribution in [0.25, 0.3) is 5.57 Å². The summed E-state index contributed by atoms with van der Waals surface area (Å²) in [5, 5.41) is 0. The largest absolute Gasteiger partial charge is 0.203 e. The molecule has 0 saturated heterocycles. The van der Waals surface area contributed by atoms with Crippen LogP contribution in [0.2, 0.25) is 0 Å². The van der Waals surface area contributed by atoms with E-state index in [4.69, 9.17) is 0 Å². The lowest BCUT2D eigenvalue weighted by atomic mass is 9.70. The van der Waals surface area contributed by atoms with Gasteiger partial charge in [-0.15, -0.1) is 0 Å². The standard InChI is InChI=1S/C27H38F2/c1-2-19-7-10-21(11-8-19)22-13-15-23(16-14-22)25-18-17-24(26(28)27(25)29)12-9-20-5-3-4-6-20/h15,17-22H,2-14,16H2,1H3. The third kappa shape index (κ3) is 4.94. The van der Waals surface area contributed by atoms with Gasteiger partial charge in [-0.1, -0.05) is 70.1 Å². The van der Waals surface area contributed by atoms with Crippen LogP contribution in [0.15, 0.2) is 18.2 Å². The van der Waals surface area contributed by atoms with Gasteiger partial charge in [0.05, 0.1) is 0 Å². The average Bonchev–Trinajstić information content (AvgIpc) is 3.29. The van der Waals surface area contributed by atoms with Crippen LogP contribution >= 0.6 is 0 Å². The van der Waals surface area contributed by atoms with Crippen LogP contribution in [-0.2, 0) is 6.42 Å². The number of benzene rings is 1. The molecule has 0 N–H and O–H groups in total. The highest BCUT2D eigenvalue weighted by Crippen LogP contribution is 2.42. The molecule has 0 spiro atoms. The van der Waals surface area contributed by atoms with E-state index in [1.165, 1.54) is 57.8 Å². The van der Waals surface area contributed by atoms with Gasteiger partial charge in [0.1, 0.15) is 0 Å². The van der Waals surface area contributed by atoms with Crippen molar-refractivity contribution in [3.05, 3.63) is 41.0 Å². The van der Waals surface area contributed by atoms with Crippen molar-refractivity contribution in [3.8, 4) is 0 Å². The minimum Gasteiger partial charge on any atom is -0.203 e. The molecule has 3 aliphatic rings. The summed E-state index contributed by atoms with van der Waals surface area (Å²) in [7, 11) is 0. The molecule has 0 radical (unpaired) electrons. The van der Waals surface area contributed by atoms with E-state index in [0.717, 1.165) is 49.0 Å². The van der Waals surface area contributed by atoms with E-state index in [2.05, 4.69) is 13.0 Å². The molecule has 1 aromatic carbocycles. The molecule has 0 amide bonds. The molecule has 0 aromatic heterocycles. The molecular formula is C27H38F2. The highest BCUT2D eigenvalue weighted by Gasteiger charge is 2.29. The molecule has 2 saturated carbocycles.